The topological polar surface area (TPSA) is 100 Å². The molecule has 0 N–H and O–H groups in total. The molecule has 11 heteroatoms. The summed E-state index contributed by atoms with van der Waals surface area (Å²) >= 11 is -2.46. The van der Waals surface area contributed by atoms with Crippen LogP contribution in [0.4, 0.5) is 0 Å². The van der Waals surface area contributed by atoms with E-state index in [1.54, 1.807) is 6.08 Å². The van der Waals surface area contributed by atoms with E-state index in [0.717, 1.165) is 16.7 Å². The molecular formula is C56H80O10Sn. The molecule has 0 spiro atoms. The van der Waals surface area contributed by atoms with Gasteiger partial charge in [-0.05, 0) is 11.1 Å². The molecule has 3 aliphatic heterocycles. The van der Waals surface area contributed by atoms with E-state index in [1.807, 2.05) is 92.0 Å². The van der Waals surface area contributed by atoms with Crippen LogP contribution in [0.15, 0.2) is 116 Å². The van der Waals surface area contributed by atoms with Gasteiger partial charge in [0.15, 0.2) is 0 Å². The van der Waals surface area contributed by atoms with Gasteiger partial charge < -0.3 is 9.47 Å². The predicted molar refractivity (Wildman–Crippen MR) is 266 cm³/mol. The molecule has 10 nitrogen and oxygen atoms in total. The van der Waals surface area contributed by atoms with E-state index in [2.05, 4.69) is 45.6 Å². The third-order valence-corrected chi connectivity index (χ3v) is 29.0. The van der Waals surface area contributed by atoms with E-state index in [-0.39, 0.29) is 18.6 Å². The molecule has 1 unspecified atom stereocenters. The number of allylic oxidation sites excluding steroid dienone is 1. The van der Waals surface area contributed by atoms with Gasteiger partial charge in [0.05, 0.1) is 25.9 Å². The fraction of sp³-hybridized carbons (Fsp3) is 0.589. The zero-order valence-electron chi connectivity index (χ0n) is 41.1. The molecule has 0 radical (unpaired) electrons. The molecule has 0 aliphatic carbocycles. The van der Waals surface area contributed by atoms with Gasteiger partial charge in [0.25, 0.3) is 0 Å². The molecule has 0 amide bonds. The molecule has 3 aromatic rings. The molecular weight excluding hydrogens is 951 g/mol. The van der Waals surface area contributed by atoms with Crippen molar-refractivity contribution in [1.82, 2.24) is 0 Å². The number of carbonyl (C=O) groups excluding carboxylic acids is 1. The van der Waals surface area contributed by atoms with Gasteiger partial charge >= 0.3 is 282 Å². The van der Waals surface area contributed by atoms with Crippen LogP contribution in [0.3, 0.4) is 0 Å². The number of benzene rings is 3. The number of fused-ring (bicyclic) bond motifs is 1. The zero-order valence-corrected chi connectivity index (χ0v) is 44.0. The Morgan fingerprint density at radius 2 is 1.42 bits per heavy atom. The van der Waals surface area contributed by atoms with Crippen LogP contribution in [0, 0.1) is 0 Å². The van der Waals surface area contributed by atoms with E-state index in [4.69, 9.17) is 42.6 Å². The molecule has 3 aliphatic rings. The summed E-state index contributed by atoms with van der Waals surface area (Å²) in [6.45, 7) is 16.1. The summed E-state index contributed by atoms with van der Waals surface area (Å²) < 4.78 is 64.9. The molecule has 0 bridgehead atoms. The summed E-state index contributed by atoms with van der Waals surface area (Å²) in [6.07, 6.45) is 11.3. The number of hydrogen-bond donors (Lipinski definition) is 0. The molecule has 10 atom stereocenters. The van der Waals surface area contributed by atoms with Crippen LogP contribution in [-0.2, 0) is 60.6 Å². The fourth-order valence-electron chi connectivity index (χ4n) is 9.88. The van der Waals surface area contributed by atoms with Gasteiger partial charge in [-0.25, -0.2) is 0 Å². The summed E-state index contributed by atoms with van der Waals surface area (Å²) in [4.78, 5) is 12.9. The van der Waals surface area contributed by atoms with E-state index in [1.165, 1.54) is 63.2 Å². The van der Waals surface area contributed by atoms with Crippen LogP contribution in [0.2, 0.25) is 17.7 Å². The first-order valence-corrected chi connectivity index (χ1v) is 33.4. The van der Waals surface area contributed by atoms with Crippen LogP contribution >= 0.6 is 0 Å². The first-order chi connectivity index (χ1) is 32.7. The van der Waals surface area contributed by atoms with Gasteiger partial charge in [-0.3, -0.25) is 0 Å². The Morgan fingerprint density at radius 3 is 2.03 bits per heavy atom. The quantitative estimate of drug-likeness (QED) is 0.0241. The van der Waals surface area contributed by atoms with Gasteiger partial charge in [-0.1, -0.05) is 66.7 Å². The van der Waals surface area contributed by atoms with E-state index < -0.39 is 73.0 Å². The second-order valence-electron chi connectivity index (χ2n) is 19.2. The number of hydrogen-bond acceptors (Lipinski definition) is 10. The summed E-state index contributed by atoms with van der Waals surface area (Å²) in [5, 5.41) is 0. The second-order valence-corrected chi connectivity index (χ2v) is 33.2. The van der Waals surface area contributed by atoms with Crippen molar-refractivity contribution < 1.29 is 47.4 Å². The molecule has 3 fully saturated rings. The predicted octanol–water partition coefficient (Wildman–Crippen LogP) is 12.6. The van der Waals surface area contributed by atoms with Crippen molar-refractivity contribution >= 4 is 24.3 Å². The molecule has 0 saturated carbocycles. The van der Waals surface area contributed by atoms with Gasteiger partial charge in [0, 0.05) is 0 Å². The van der Waals surface area contributed by atoms with Crippen LogP contribution in [0.1, 0.15) is 122 Å². The minimum atomic E-state index is -2.46. The molecule has 368 valence electrons. The Kier molecular flexibility index (Phi) is 22.2. The van der Waals surface area contributed by atoms with Crippen molar-refractivity contribution in [3.63, 3.8) is 0 Å². The first-order valence-electron chi connectivity index (χ1n) is 25.3. The number of rotatable bonds is 27. The van der Waals surface area contributed by atoms with E-state index in [0.29, 0.717) is 45.7 Å². The van der Waals surface area contributed by atoms with Crippen molar-refractivity contribution in [2.24, 2.45) is 0 Å². The number of carbonyl (C=O) groups is 1. The van der Waals surface area contributed by atoms with Crippen molar-refractivity contribution in [2.75, 3.05) is 13.2 Å². The van der Waals surface area contributed by atoms with Crippen LogP contribution < -0.4 is 0 Å². The van der Waals surface area contributed by atoms with Gasteiger partial charge in [0.2, 0.25) is 0 Å². The molecule has 0 aromatic heterocycles. The number of esters is 1. The minimum absolute atomic E-state index is 0.229. The number of ether oxygens (including phenoxy) is 9. The standard InChI is InChI=1S/C44H53O10.3C4H9.Sn/c1-5-24-47-38-25-41-44(4,30-49-43(53-41)34-20-14-9-15-21-34)54-39(38)26-42(50-31(3)45)52-37-23-22-36(48-28-33-18-12-8-13-19-33)40(51-35(37)6-2)29-46-27-32-16-10-7-11-17-32;3*1-3-4-2;/h5-21,24,35-43H,1-2,22-23,25-30H2,3-4H3;3*1,3-4H2,2H3;/b24-5-;;;;/t35-,36-,37+,38-,39+,40+,41+,42?,43-,44-;;;;/m1..../s1. The van der Waals surface area contributed by atoms with Crippen molar-refractivity contribution in [1.29, 1.82) is 0 Å². The van der Waals surface area contributed by atoms with Gasteiger partial charge in [-0.15, -0.1) is 6.58 Å². The van der Waals surface area contributed by atoms with Crippen molar-refractivity contribution in [3.8, 4) is 0 Å². The zero-order chi connectivity index (χ0) is 47.3. The average molecular weight is 1030 g/mol. The van der Waals surface area contributed by atoms with Crippen LogP contribution in [0.5, 0.6) is 0 Å². The maximum absolute atomic E-state index is 12.9. The van der Waals surface area contributed by atoms with E-state index >= 15 is 0 Å². The SMILES string of the molecule is C=C[C@H]1O[C@@H](COCc2ccccc2)[C@H](OCc2ccccc2)CC[C@@H]1OC(C[C@@H]1O[C@]2(C)CO[C@@H](c3ccccc3)O[C@H]2C[C@H]1O/C=C\[CH2][Sn]([CH2]CCC)([CH2]CCC)[CH2]CCC)OC(C)=O. The van der Waals surface area contributed by atoms with E-state index in [9.17, 15) is 4.79 Å². The Hall–Kier alpha value is -3.07. The maximum atomic E-state index is 12.9. The Balaban J connectivity index is 1.21. The summed E-state index contributed by atoms with van der Waals surface area (Å²) in [6, 6.07) is 30.3. The van der Waals surface area contributed by atoms with Gasteiger partial charge in [0.1, 0.15) is 6.10 Å². The Labute approximate surface area is 406 Å². The Bertz CT molecular complexity index is 1860. The average Bonchev–Trinajstić information content (AvgIpc) is 3.51. The van der Waals surface area contributed by atoms with Crippen molar-refractivity contribution in [2.45, 2.75) is 191 Å². The van der Waals surface area contributed by atoms with Crippen LogP contribution in [0.25, 0.3) is 0 Å². The third kappa shape index (κ3) is 16.5. The summed E-state index contributed by atoms with van der Waals surface area (Å²) in [5.74, 6) is -0.451. The van der Waals surface area contributed by atoms with Gasteiger partial charge in [-0.2, -0.15) is 0 Å². The first kappa shape index (κ1) is 53.3. The molecule has 3 saturated heterocycles. The molecule has 67 heavy (non-hydrogen) atoms. The van der Waals surface area contributed by atoms with Crippen molar-refractivity contribution in [3.05, 3.63) is 133 Å². The second kappa shape index (κ2) is 27.9. The molecule has 3 aromatic carbocycles. The van der Waals surface area contributed by atoms with Crippen LogP contribution in [-0.4, -0.2) is 92.2 Å². The summed E-state index contributed by atoms with van der Waals surface area (Å²) in [7, 11) is 0. The monoisotopic (exact) mass is 1030 g/mol. The number of unbranched alkanes of at least 4 members (excludes halogenated alkanes) is 3. The molecule has 6 rings (SSSR count). The third-order valence-electron chi connectivity index (χ3n) is 13.8. The summed E-state index contributed by atoms with van der Waals surface area (Å²) in [5.41, 5.74) is 2.33. The fourth-order valence-corrected chi connectivity index (χ4v) is 24.9. The molecule has 3 heterocycles. The Morgan fingerprint density at radius 1 is 0.806 bits per heavy atom. The normalized spacial score (nSPS) is 27.2.